The zero-order valence-electron chi connectivity index (χ0n) is 6.50. The highest BCUT2D eigenvalue weighted by molar-refractivity contribution is 7.17. The Morgan fingerprint density at radius 1 is 1.38 bits per heavy atom. The smallest absolute Gasteiger partial charge is 0.274 e. The Balaban J connectivity index is 2.54. The van der Waals surface area contributed by atoms with E-state index in [2.05, 4.69) is 21.0 Å². The second kappa shape index (κ2) is 4.15. The quantitative estimate of drug-likeness (QED) is 0.651. The minimum atomic E-state index is -0.542. The summed E-state index contributed by atoms with van der Waals surface area (Å²) in [4.78, 5) is 21.5. The number of nitrogens with one attached hydrogen (secondary N) is 2. The maximum Gasteiger partial charge on any atom is 0.300 e. The van der Waals surface area contributed by atoms with E-state index in [9.17, 15) is 9.59 Å². The van der Waals surface area contributed by atoms with Gasteiger partial charge in [-0.1, -0.05) is 11.3 Å². The minimum absolute atomic E-state index is 0.0961. The molecule has 0 saturated heterocycles. The first-order valence-electron chi connectivity index (χ1n) is 3.15. The predicted molar refractivity (Wildman–Crippen MR) is 46.2 cm³/mol. The summed E-state index contributed by atoms with van der Waals surface area (Å²) >= 11 is 6.37. The first-order valence-corrected chi connectivity index (χ1v) is 4.35. The van der Waals surface area contributed by atoms with Crippen LogP contribution in [0.1, 0.15) is 16.7 Å². The lowest BCUT2D eigenvalue weighted by atomic mass is 10.7. The van der Waals surface area contributed by atoms with Gasteiger partial charge in [-0.05, 0) is 11.6 Å². The van der Waals surface area contributed by atoms with Crippen LogP contribution in [0, 0.1) is 0 Å². The predicted octanol–water partition coefficient (Wildman–Crippen LogP) is -0.0276. The largest absolute Gasteiger partial charge is 0.300 e. The van der Waals surface area contributed by atoms with Gasteiger partial charge in [0.2, 0.25) is 15.4 Å². The van der Waals surface area contributed by atoms with E-state index < -0.39 is 5.91 Å². The standard InChI is InChI=1S/C5H5ClN4O2S/c1-2(11)7-8-3(12)4-9-10-5(6)13-4/h1H3,(H,7,11)(H,8,12). The Kier molecular flexibility index (Phi) is 3.15. The molecule has 0 bridgehead atoms. The summed E-state index contributed by atoms with van der Waals surface area (Å²) in [7, 11) is 0. The summed E-state index contributed by atoms with van der Waals surface area (Å²) in [6.07, 6.45) is 0. The van der Waals surface area contributed by atoms with E-state index >= 15 is 0 Å². The van der Waals surface area contributed by atoms with Gasteiger partial charge in [-0.3, -0.25) is 20.4 Å². The number of hydrogen-bond donors (Lipinski definition) is 2. The third-order valence-electron chi connectivity index (χ3n) is 0.947. The molecular weight excluding hydrogens is 216 g/mol. The van der Waals surface area contributed by atoms with E-state index in [0.717, 1.165) is 11.3 Å². The number of hydrogen-bond acceptors (Lipinski definition) is 5. The van der Waals surface area contributed by atoms with Crippen LogP contribution in [0.15, 0.2) is 0 Å². The van der Waals surface area contributed by atoms with Crippen molar-refractivity contribution in [2.75, 3.05) is 0 Å². The zero-order chi connectivity index (χ0) is 9.84. The fourth-order valence-corrected chi connectivity index (χ4v) is 1.22. The highest BCUT2D eigenvalue weighted by Gasteiger charge is 2.11. The Bertz CT molecular complexity index is 339. The van der Waals surface area contributed by atoms with Gasteiger partial charge >= 0.3 is 5.91 Å². The van der Waals surface area contributed by atoms with Gasteiger partial charge in [-0.25, -0.2) is 0 Å². The van der Waals surface area contributed by atoms with Crippen molar-refractivity contribution in [3.05, 3.63) is 9.47 Å². The molecule has 70 valence electrons. The third-order valence-corrected chi connectivity index (χ3v) is 1.96. The van der Waals surface area contributed by atoms with Gasteiger partial charge in [0, 0.05) is 6.92 Å². The van der Waals surface area contributed by atoms with Crippen molar-refractivity contribution in [1.82, 2.24) is 21.0 Å². The molecule has 1 heterocycles. The van der Waals surface area contributed by atoms with E-state index in [1.165, 1.54) is 6.92 Å². The molecule has 8 heteroatoms. The summed E-state index contributed by atoms with van der Waals surface area (Å²) in [5.41, 5.74) is 4.23. The molecule has 0 radical (unpaired) electrons. The van der Waals surface area contributed by atoms with Crippen molar-refractivity contribution < 1.29 is 9.59 Å². The third kappa shape index (κ3) is 2.96. The number of carbonyl (C=O) groups is 2. The molecule has 2 amide bonds. The van der Waals surface area contributed by atoms with Crippen LogP contribution in [0.25, 0.3) is 0 Å². The fourth-order valence-electron chi connectivity index (χ4n) is 0.495. The van der Waals surface area contributed by atoms with Crippen LogP contribution < -0.4 is 10.9 Å². The molecule has 0 spiro atoms. The van der Waals surface area contributed by atoms with E-state index in [1.807, 2.05) is 0 Å². The Labute approximate surface area is 82.3 Å². The molecule has 1 aromatic heterocycles. The van der Waals surface area contributed by atoms with Crippen molar-refractivity contribution >= 4 is 34.8 Å². The molecule has 0 atom stereocenters. The molecule has 0 aromatic carbocycles. The average Bonchev–Trinajstić information content (AvgIpc) is 2.47. The normalized spacial score (nSPS) is 9.38. The molecule has 2 N–H and O–H groups in total. The maximum absolute atomic E-state index is 11.1. The van der Waals surface area contributed by atoms with Crippen LogP contribution in [-0.2, 0) is 4.79 Å². The van der Waals surface area contributed by atoms with Crippen molar-refractivity contribution in [1.29, 1.82) is 0 Å². The molecule has 0 saturated carbocycles. The summed E-state index contributed by atoms with van der Waals surface area (Å²) in [5.74, 6) is -0.913. The van der Waals surface area contributed by atoms with Gasteiger partial charge in [-0.2, -0.15) is 0 Å². The Morgan fingerprint density at radius 2 is 2.08 bits per heavy atom. The highest BCUT2D eigenvalue weighted by Crippen LogP contribution is 2.13. The van der Waals surface area contributed by atoms with E-state index in [4.69, 9.17) is 11.6 Å². The molecular formula is C5H5ClN4O2S. The zero-order valence-corrected chi connectivity index (χ0v) is 8.07. The van der Waals surface area contributed by atoms with Crippen molar-refractivity contribution in [2.24, 2.45) is 0 Å². The lowest BCUT2D eigenvalue weighted by Gasteiger charge is -2.00. The molecule has 1 aromatic rings. The molecule has 0 aliphatic heterocycles. The molecule has 0 aliphatic rings. The number of aromatic nitrogens is 2. The first kappa shape index (κ1) is 9.87. The van der Waals surface area contributed by atoms with Crippen molar-refractivity contribution in [2.45, 2.75) is 6.92 Å². The van der Waals surface area contributed by atoms with Crippen LogP contribution in [-0.4, -0.2) is 22.0 Å². The summed E-state index contributed by atoms with van der Waals surface area (Å²) in [5, 5.41) is 6.99. The minimum Gasteiger partial charge on any atom is -0.274 e. The van der Waals surface area contributed by atoms with Crippen LogP contribution in [0.4, 0.5) is 0 Å². The van der Waals surface area contributed by atoms with E-state index in [-0.39, 0.29) is 15.4 Å². The SMILES string of the molecule is CC(=O)NNC(=O)c1nnc(Cl)s1. The topological polar surface area (TPSA) is 84.0 Å². The lowest BCUT2D eigenvalue weighted by Crippen LogP contribution is -2.40. The summed E-state index contributed by atoms with van der Waals surface area (Å²) in [6.45, 7) is 1.27. The second-order valence-corrected chi connectivity index (χ2v) is 3.56. The number of halogens is 1. The average molecular weight is 221 g/mol. The second-order valence-electron chi connectivity index (χ2n) is 2.00. The van der Waals surface area contributed by atoms with Gasteiger partial charge in [0.25, 0.3) is 0 Å². The Morgan fingerprint density at radius 3 is 2.54 bits per heavy atom. The maximum atomic E-state index is 11.1. The highest BCUT2D eigenvalue weighted by atomic mass is 35.5. The number of rotatable bonds is 1. The first-order chi connectivity index (χ1) is 6.09. The van der Waals surface area contributed by atoms with E-state index in [0.29, 0.717) is 0 Å². The number of nitrogens with zero attached hydrogens (tertiary/aromatic N) is 2. The lowest BCUT2D eigenvalue weighted by molar-refractivity contribution is -0.119. The molecule has 13 heavy (non-hydrogen) atoms. The molecule has 1 rings (SSSR count). The molecule has 0 aliphatic carbocycles. The van der Waals surface area contributed by atoms with Gasteiger partial charge in [0.05, 0.1) is 0 Å². The van der Waals surface area contributed by atoms with Crippen LogP contribution in [0.5, 0.6) is 0 Å². The number of amides is 2. The molecule has 0 fully saturated rings. The van der Waals surface area contributed by atoms with Crippen LogP contribution in [0.2, 0.25) is 4.47 Å². The summed E-state index contributed by atoms with van der Waals surface area (Å²) < 4.78 is 0.174. The molecule has 6 nitrogen and oxygen atoms in total. The van der Waals surface area contributed by atoms with Gasteiger partial charge in [0.1, 0.15) is 0 Å². The number of carbonyl (C=O) groups excluding carboxylic acids is 2. The Hall–Kier alpha value is -1.21. The van der Waals surface area contributed by atoms with Crippen molar-refractivity contribution in [3.8, 4) is 0 Å². The molecule has 0 unspecified atom stereocenters. The number of hydrazine groups is 1. The summed E-state index contributed by atoms with van der Waals surface area (Å²) in [6, 6.07) is 0. The van der Waals surface area contributed by atoms with Crippen LogP contribution in [0.3, 0.4) is 0 Å². The van der Waals surface area contributed by atoms with Crippen LogP contribution >= 0.6 is 22.9 Å². The van der Waals surface area contributed by atoms with Gasteiger partial charge < -0.3 is 0 Å². The van der Waals surface area contributed by atoms with Gasteiger partial charge in [-0.15, -0.1) is 10.2 Å². The monoisotopic (exact) mass is 220 g/mol. The van der Waals surface area contributed by atoms with Gasteiger partial charge in [0.15, 0.2) is 0 Å². The van der Waals surface area contributed by atoms with Crippen molar-refractivity contribution in [3.63, 3.8) is 0 Å². The van der Waals surface area contributed by atoms with E-state index in [1.54, 1.807) is 0 Å². The fraction of sp³-hybridized carbons (Fsp3) is 0.200.